The van der Waals surface area contributed by atoms with Crippen LogP contribution in [0.2, 0.25) is 0 Å². The number of amides is 1. The van der Waals surface area contributed by atoms with E-state index in [1.165, 1.54) is 23.5 Å². The molecule has 2 rings (SSSR count). The van der Waals surface area contributed by atoms with Crippen LogP contribution in [0.5, 0.6) is 0 Å². The highest BCUT2D eigenvalue weighted by Gasteiger charge is 2.18. The molecule has 1 aromatic carbocycles. The number of nitrogens with zero attached hydrogens (tertiary/aromatic N) is 1. The van der Waals surface area contributed by atoms with Crippen LogP contribution in [-0.4, -0.2) is 31.4 Å². The van der Waals surface area contributed by atoms with Crippen LogP contribution in [0.25, 0.3) is 0 Å². The maximum atomic E-state index is 13.4. The van der Waals surface area contributed by atoms with Gasteiger partial charge in [-0.15, -0.1) is 11.3 Å². The number of rotatable bonds is 5. The molecule has 0 bridgehead atoms. The summed E-state index contributed by atoms with van der Waals surface area (Å²) in [5.41, 5.74) is 0.832. The molecule has 0 spiro atoms. The number of nitrogens with one attached hydrogen (secondary N) is 1. The van der Waals surface area contributed by atoms with E-state index in [4.69, 9.17) is 0 Å². The Morgan fingerprint density at radius 2 is 2.09 bits per heavy atom. The third-order valence-corrected chi connectivity index (χ3v) is 6.44. The molecule has 1 N–H and O–H groups in total. The first-order valence-electron chi connectivity index (χ1n) is 6.53. The molecule has 0 aliphatic heterocycles. The van der Waals surface area contributed by atoms with Crippen molar-refractivity contribution in [3.8, 4) is 0 Å². The lowest BCUT2D eigenvalue weighted by atomic mass is 10.1. The number of likely N-dealkylation sites (N-methyl/N-ethyl adjacent to an activating group) is 1. The maximum absolute atomic E-state index is 13.4. The van der Waals surface area contributed by atoms with E-state index in [9.17, 15) is 9.18 Å². The van der Waals surface area contributed by atoms with Gasteiger partial charge in [0, 0.05) is 11.0 Å². The van der Waals surface area contributed by atoms with Crippen molar-refractivity contribution in [1.29, 1.82) is 0 Å². The van der Waals surface area contributed by atoms with Crippen molar-refractivity contribution in [2.45, 2.75) is 6.04 Å². The molecule has 2 aromatic rings. The number of carbonyl (C=O) groups excluding carboxylic acids is 1. The Bertz CT molecular complexity index is 656. The van der Waals surface area contributed by atoms with Gasteiger partial charge in [0.25, 0.3) is 5.91 Å². The topological polar surface area (TPSA) is 32.3 Å². The molecule has 1 unspecified atom stereocenters. The Kier molecular flexibility index (Phi) is 6.14. The molecule has 0 aliphatic rings. The van der Waals surface area contributed by atoms with Gasteiger partial charge in [-0.2, -0.15) is 0 Å². The number of halogens is 3. The van der Waals surface area contributed by atoms with E-state index in [0.717, 1.165) is 13.8 Å². The van der Waals surface area contributed by atoms with E-state index >= 15 is 0 Å². The predicted molar refractivity (Wildman–Crippen MR) is 94.9 cm³/mol. The van der Waals surface area contributed by atoms with Crippen LogP contribution in [0.15, 0.2) is 38.6 Å². The summed E-state index contributed by atoms with van der Waals surface area (Å²) in [6.45, 7) is 0.405. The molecule has 0 radical (unpaired) electrons. The lowest BCUT2D eigenvalue weighted by molar-refractivity contribution is 0.0946. The summed E-state index contributed by atoms with van der Waals surface area (Å²) >= 11 is 8.10. The number of benzene rings is 1. The summed E-state index contributed by atoms with van der Waals surface area (Å²) in [6.07, 6.45) is 0. The normalized spacial score (nSPS) is 12.5. The Labute approximate surface area is 149 Å². The van der Waals surface area contributed by atoms with Gasteiger partial charge in [0.1, 0.15) is 5.82 Å². The number of hydrogen-bond acceptors (Lipinski definition) is 3. The quantitative estimate of drug-likeness (QED) is 0.731. The van der Waals surface area contributed by atoms with Gasteiger partial charge in [-0.3, -0.25) is 4.79 Å². The maximum Gasteiger partial charge on any atom is 0.261 e. The fourth-order valence-corrected chi connectivity index (χ4v) is 4.00. The highest BCUT2D eigenvalue weighted by atomic mass is 79.9. The van der Waals surface area contributed by atoms with E-state index in [1.54, 1.807) is 12.1 Å². The lowest BCUT2D eigenvalue weighted by Crippen LogP contribution is -2.34. The summed E-state index contributed by atoms with van der Waals surface area (Å²) in [6, 6.07) is 8.13. The van der Waals surface area contributed by atoms with Crippen LogP contribution in [0.3, 0.4) is 0 Å². The van der Waals surface area contributed by atoms with Crippen molar-refractivity contribution < 1.29 is 9.18 Å². The van der Waals surface area contributed by atoms with Gasteiger partial charge in [0.05, 0.1) is 14.7 Å². The highest BCUT2D eigenvalue weighted by Crippen LogP contribution is 2.32. The lowest BCUT2D eigenvalue weighted by Gasteiger charge is -2.25. The Morgan fingerprint density at radius 1 is 1.36 bits per heavy atom. The molecule has 0 fully saturated rings. The molecule has 22 heavy (non-hydrogen) atoms. The van der Waals surface area contributed by atoms with E-state index in [2.05, 4.69) is 37.2 Å². The zero-order valence-corrected chi connectivity index (χ0v) is 16.1. The summed E-state index contributed by atoms with van der Waals surface area (Å²) in [7, 11) is 3.81. The van der Waals surface area contributed by atoms with Crippen molar-refractivity contribution in [1.82, 2.24) is 10.2 Å². The molecular weight excluding hydrogens is 435 g/mol. The average molecular weight is 450 g/mol. The fourth-order valence-electron chi connectivity index (χ4n) is 2.05. The minimum absolute atomic E-state index is 0.0912. The minimum Gasteiger partial charge on any atom is -0.349 e. The van der Waals surface area contributed by atoms with Crippen molar-refractivity contribution in [2.75, 3.05) is 20.6 Å². The summed E-state index contributed by atoms with van der Waals surface area (Å²) < 4.78 is 15.1. The molecule has 0 saturated heterocycles. The second-order valence-electron chi connectivity index (χ2n) is 4.98. The number of carbonyl (C=O) groups is 1. The Morgan fingerprint density at radius 3 is 2.64 bits per heavy atom. The number of hydrogen-bond donors (Lipinski definition) is 1. The van der Waals surface area contributed by atoms with Crippen LogP contribution in [0, 0.1) is 5.82 Å². The van der Waals surface area contributed by atoms with Crippen LogP contribution in [-0.2, 0) is 0 Å². The second kappa shape index (κ2) is 7.68. The van der Waals surface area contributed by atoms with Crippen LogP contribution >= 0.6 is 43.2 Å². The SMILES string of the molecule is CN(C)C(CNC(=O)c1cc(Br)c(Br)s1)c1cccc(F)c1. The number of thiophene rings is 1. The summed E-state index contributed by atoms with van der Waals surface area (Å²) in [4.78, 5) is 14.8. The second-order valence-corrected chi connectivity index (χ2v) is 8.20. The van der Waals surface area contributed by atoms with Gasteiger partial charge in [-0.1, -0.05) is 12.1 Å². The zero-order chi connectivity index (χ0) is 16.3. The third-order valence-electron chi connectivity index (χ3n) is 3.18. The van der Waals surface area contributed by atoms with E-state index in [0.29, 0.717) is 11.4 Å². The van der Waals surface area contributed by atoms with Crippen molar-refractivity contribution in [3.63, 3.8) is 0 Å². The first kappa shape index (κ1) is 17.6. The van der Waals surface area contributed by atoms with E-state index in [-0.39, 0.29) is 17.8 Å². The zero-order valence-electron chi connectivity index (χ0n) is 12.1. The molecule has 1 heterocycles. The first-order valence-corrected chi connectivity index (χ1v) is 8.93. The monoisotopic (exact) mass is 448 g/mol. The van der Waals surface area contributed by atoms with Gasteiger partial charge >= 0.3 is 0 Å². The predicted octanol–water partition coefficient (Wildman–Crippen LogP) is 4.44. The molecule has 1 atom stereocenters. The van der Waals surface area contributed by atoms with Crippen molar-refractivity contribution in [3.05, 3.63) is 54.8 Å². The smallest absolute Gasteiger partial charge is 0.261 e. The van der Waals surface area contributed by atoms with Gasteiger partial charge in [0.2, 0.25) is 0 Å². The Balaban J connectivity index is 2.07. The molecule has 118 valence electrons. The van der Waals surface area contributed by atoms with Crippen molar-refractivity contribution in [2.24, 2.45) is 0 Å². The first-order chi connectivity index (χ1) is 10.4. The van der Waals surface area contributed by atoms with Gasteiger partial charge in [0.15, 0.2) is 0 Å². The molecule has 3 nitrogen and oxygen atoms in total. The molecule has 1 amide bonds. The van der Waals surface area contributed by atoms with E-state index in [1.807, 2.05) is 25.1 Å². The van der Waals surface area contributed by atoms with Gasteiger partial charge in [-0.25, -0.2) is 4.39 Å². The Hall–Kier alpha value is -0.760. The molecular formula is C15H15Br2FN2OS. The van der Waals surface area contributed by atoms with E-state index < -0.39 is 0 Å². The summed E-state index contributed by atoms with van der Waals surface area (Å²) in [5, 5.41) is 2.90. The molecule has 0 saturated carbocycles. The molecule has 0 aliphatic carbocycles. The van der Waals surface area contributed by atoms with Crippen molar-refractivity contribution >= 4 is 49.1 Å². The summed E-state index contributed by atoms with van der Waals surface area (Å²) in [5.74, 6) is -0.415. The van der Waals surface area contributed by atoms with Crippen LogP contribution in [0.1, 0.15) is 21.3 Å². The largest absolute Gasteiger partial charge is 0.349 e. The fraction of sp³-hybridized carbons (Fsp3) is 0.267. The van der Waals surface area contributed by atoms with Crippen LogP contribution < -0.4 is 5.32 Å². The van der Waals surface area contributed by atoms with Gasteiger partial charge < -0.3 is 10.2 Å². The van der Waals surface area contributed by atoms with Gasteiger partial charge in [-0.05, 0) is 69.7 Å². The third kappa shape index (κ3) is 4.38. The molecule has 1 aromatic heterocycles. The molecule has 7 heteroatoms. The van der Waals surface area contributed by atoms with Crippen LogP contribution in [0.4, 0.5) is 4.39 Å². The standard InChI is InChI=1S/C15H15Br2FN2OS/c1-20(2)12(9-4-3-5-10(18)6-9)8-19-15(21)13-7-11(16)14(17)22-13/h3-7,12H,8H2,1-2H3,(H,19,21). The minimum atomic E-state index is -0.276. The average Bonchev–Trinajstić information content (AvgIpc) is 2.78. The highest BCUT2D eigenvalue weighted by molar-refractivity contribution is 9.13.